The van der Waals surface area contributed by atoms with Crippen LogP contribution in [0.4, 0.5) is 0 Å². The Labute approximate surface area is 166 Å². The van der Waals surface area contributed by atoms with Crippen LogP contribution in [0.15, 0.2) is 58.1 Å². The van der Waals surface area contributed by atoms with Crippen molar-refractivity contribution in [3.63, 3.8) is 0 Å². The van der Waals surface area contributed by atoms with E-state index >= 15 is 0 Å². The van der Waals surface area contributed by atoms with Gasteiger partial charge >= 0.3 is 0 Å². The number of aliphatic imine (C=N–C) groups is 1. The lowest BCUT2D eigenvalue weighted by Gasteiger charge is -2.33. The molecule has 2 aromatic rings. The van der Waals surface area contributed by atoms with Crippen molar-refractivity contribution in [2.24, 2.45) is 4.99 Å². The highest BCUT2D eigenvalue weighted by atomic mass is 16.3. The van der Waals surface area contributed by atoms with Crippen molar-refractivity contribution in [1.29, 1.82) is 0 Å². The van der Waals surface area contributed by atoms with Gasteiger partial charge in [0.15, 0.2) is 5.96 Å². The summed E-state index contributed by atoms with van der Waals surface area (Å²) in [5.74, 6) is 1.30. The predicted molar refractivity (Wildman–Crippen MR) is 110 cm³/mol. The molecule has 0 atom stereocenters. The van der Waals surface area contributed by atoms with E-state index in [2.05, 4.69) is 56.2 Å². The fraction of sp³-hybridized carbons (Fsp3) is 0.429. The summed E-state index contributed by atoms with van der Waals surface area (Å²) in [4.78, 5) is 18.7. The number of furan rings is 1. The summed E-state index contributed by atoms with van der Waals surface area (Å²) in [6.45, 7) is 3.66. The zero-order valence-corrected chi connectivity index (χ0v) is 16.4. The third kappa shape index (κ3) is 6.42. The second kappa shape index (κ2) is 10.5. The van der Waals surface area contributed by atoms with Crippen molar-refractivity contribution in [1.82, 2.24) is 20.9 Å². The first-order valence-corrected chi connectivity index (χ1v) is 9.75. The number of carbonyl (C=O) groups excluding carboxylic acids is 1. The van der Waals surface area contributed by atoms with Crippen LogP contribution in [0.3, 0.4) is 0 Å². The third-order valence-corrected chi connectivity index (χ3v) is 4.86. The molecule has 150 valence electrons. The van der Waals surface area contributed by atoms with E-state index in [9.17, 15) is 4.79 Å². The van der Waals surface area contributed by atoms with Gasteiger partial charge in [-0.2, -0.15) is 0 Å². The smallest absolute Gasteiger partial charge is 0.239 e. The normalized spacial score (nSPS) is 16.0. The number of nitrogens with one attached hydrogen (secondary N) is 3. The molecule has 1 aromatic heterocycles. The quantitative estimate of drug-likeness (QED) is 0.501. The molecule has 3 rings (SSSR count). The van der Waals surface area contributed by atoms with Gasteiger partial charge in [0.1, 0.15) is 5.76 Å². The molecule has 1 saturated heterocycles. The lowest BCUT2D eigenvalue weighted by Crippen LogP contribution is -2.50. The number of rotatable bonds is 7. The van der Waals surface area contributed by atoms with Gasteiger partial charge in [0, 0.05) is 32.7 Å². The van der Waals surface area contributed by atoms with E-state index in [0.29, 0.717) is 18.5 Å². The molecule has 28 heavy (non-hydrogen) atoms. The second-order valence-corrected chi connectivity index (χ2v) is 6.96. The van der Waals surface area contributed by atoms with Crippen LogP contribution in [-0.2, 0) is 17.9 Å². The molecule has 0 radical (unpaired) electrons. The highest BCUT2D eigenvalue weighted by molar-refractivity contribution is 5.86. The van der Waals surface area contributed by atoms with Crippen molar-refractivity contribution in [2.75, 3.05) is 26.7 Å². The molecular formula is C21H29N5O2. The standard InChI is InChI=1S/C21H29N5O2/c1-22-21(24-15-20(27)23-14-19-8-5-13-28-19)25-18-9-11-26(12-10-18)16-17-6-3-2-4-7-17/h2-8,13,18H,9-12,14-16H2,1H3,(H,23,27)(H2,22,24,25). The number of amides is 1. The van der Waals surface area contributed by atoms with Crippen molar-refractivity contribution < 1.29 is 9.21 Å². The number of hydrogen-bond acceptors (Lipinski definition) is 4. The Morgan fingerprint density at radius 2 is 1.93 bits per heavy atom. The van der Waals surface area contributed by atoms with Gasteiger partial charge in [-0.15, -0.1) is 0 Å². The van der Waals surface area contributed by atoms with E-state index in [1.807, 2.05) is 6.07 Å². The zero-order chi connectivity index (χ0) is 19.6. The van der Waals surface area contributed by atoms with Gasteiger partial charge in [-0.05, 0) is 30.5 Å². The molecule has 7 heteroatoms. The number of piperidine rings is 1. The van der Waals surface area contributed by atoms with Crippen LogP contribution in [0.2, 0.25) is 0 Å². The summed E-state index contributed by atoms with van der Waals surface area (Å²) < 4.78 is 5.20. The minimum atomic E-state index is -0.1000. The molecule has 1 aliphatic heterocycles. The number of guanidine groups is 1. The molecule has 1 fully saturated rings. The maximum absolute atomic E-state index is 12.0. The number of nitrogens with zero attached hydrogens (tertiary/aromatic N) is 2. The van der Waals surface area contributed by atoms with Gasteiger partial charge in [0.25, 0.3) is 0 Å². The topological polar surface area (TPSA) is 81.9 Å². The summed E-state index contributed by atoms with van der Waals surface area (Å²) in [5, 5.41) is 9.32. The van der Waals surface area contributed by atoms with Crippen LogP contribution in [-0.4, -0.2) is 49.5 Å². The fourth-order valence-electron chi connectivity index (χ4n) is 3.29. The molecule has 0 aliphatic carbocycles. The maximum Gasteiger partial charge on any atom is 0.239 e. The Bertz CT molecular complexity index is 737. The lowest BCUT2D eigenvalue weighted by molar-refractivity contribution is -0.120. The lowest BCUT2D eigenvalue weighted by atomic mass is 10.0. The molecule has 0 bridgehead atoms. The zero-order valence-electron chi connectivity index (χ0n) is 16.4. The van der Waals surface area contributed by atoms with Gasteiger partial charge in [0.05, 0.1) is 19.4 Å². The van der Waals surface area contributed by atoms with Gasteiger partial charge in [-0.3, -0.25) is 14.7 Å². The summed E-state index contributed by atoms with van der Waals surface area (Å²) in [5.41, 5.74) is 1.35. The van der Waals surface area contributed by atoms with Crippen LogP contribution in [0, 0.1) is 0 Å². The number of hydrogen-bond donors (Lipinski definition) is 3. The Hall–Kier alpha value is -2.80. The minimum Gasteiger partial charge on any atom is -0.467 e. The van der Waals surface area contributed by atoms with Gasteiger partial charge in [0.2, 0.25) is 5.91 Å². The van der Waals surface area contributed by atoms with E-state index in [-0.39, 0.29) is 12.5 Å². The maximum atomic E-state index is 12.0. The molecule has 7 nitrogen and oxygen atoms in total. The molecule has 3 N–H and O–H groups in total. The highest BCUT2D eigenvalue weighted by Gasteiger charge is 2.20. The van der Waals surface area contributed by atoms with E-state index in [4.69, 9.17) is 4.42 Å². The van der Waals surface area contributed by atoms with E-state index in [1.54, 1.807) is 19.4 Å². The van der Waals surface area contributed by atoms with Crippen molar-refractivity contribution in [3.05, 3.63) is 60.1 Å². The van der Waals surface area contributed by atoms with Gasteiger partial charge < -0.3 is 20.4 Å². The Balaban J connectivity index is 1.34. The molecule has 1 amide bonds. The third-order valence-electron chi connectivity index (χ3n) is 4.86. The molecule has 0 saturated carbocycles. The van der Waals surface area contributed by atoms with E-state index in [1.165, 1.54) is 5.56 Å². The van der Waals surface area contributed by atoms with E-state index in [0.717, 1.165) is 38.2 Å². The summed E-state index contributed by atoms with van der Waals surface area (Å²) in [7, 11) is 1.72. The average molecular weight is 383 g/mol. The largest absolute Gasteiger partial charge is 0.467 e. The van der Waals surface area contributed by atoms with Crippen molar-refractivity contribution in [2.45, 2.75) is 32.0 Å². The summed E-state index contributed by atoms with van der Waals surface area (Å²) in [6, 6.07) is 14.6. The summed E-state index contributed by atoms with van der Waals surface area (Å²) in [6.07, 6.45) is 3.70. The van der Waals surface area contributed by atoms with E-state index < -0.39 is 0 Å². The second-order valence-electron chi connectivity index (χ2n) is 6.96. The number of likely N-dealkylation sites (tertiary alicyclic amines) is 1. The SMILES string of the molecule is CN=C(NCC(=O)NCc1ccco1)NC1CCN(Cc2ccccc2)CC1. The molecule has 0 unspecified atom stereocenters. The first-order valence-electron chi connectivity index (χ1n) is 9.75. The predicted octanol–water partition coefficient (Wildman–Crippen LogP) is 1.73. The van der Waals surface area contributed by atoms with Gasteiger partial charge in [-0.25, -0.2) is 0 Å². The van der Waals surface area contributed by atoms with Gasteiger partial charge in [-0.1, -0.05) is 30.3 Å². The van der Waals surface area contributed by atoms with Crippen LogP contribution in [0.5, 0.6) is 0 Å². The van der Waals surface area contributed by atoms with Crippen LogP contribution >= 0.6 is 0 Å². The van der Waals surface area contributed by atoms with Crippen LogP contribution < -0.4 is 16.0 Å². The summed E-state index contributed by atoms with van der Waals surface area (Å²) >= 11 is 0. The Kier molecular flexibility index (Phi) is 7.49. The first kappa shape index (κ1) is 19.9. The Morgan fingerprint density at radius 1 is 1.14 bits per heavy atom. The average Bonchev–Trinajstić information content (AvgIpc) is 3.25. The highest BCUT2D eigenvalue weighted by Crippen LogP contribution is 2.13. The molecule has 1 aliphatic rings. The molecular weight excluding hydrogens is 354 g/mol. The Morgan fingerprint density at radius 3 is 2.61 bits per heavy atom. The minimum absolute atomic E-state index is 0.1000. The number of carbonyl (C=O) groups is 1. The van der Waals surface area contributed by atoms with Crippen LogP contribution in [0.25, 0.3) is 0 Å². The first-order chi connectivity index (χ1) is 13.7. The molecule has 0 spiro atoms. The van der Waals surface area contributed by atoms with Crippen molar-refractivity contribution >= 4 is 11.9 Å². The number of benzene rings is 1. The van der Waals surface area contributed by atoms with Crippen molar-refractivity contribution in [3.8, 4) is 0 Å². The molecule has 2 heterocycles. The fourth-order valence-corrected chi connectivity index (χ4v) is 3.29. The molecule has 1 aromatic carbocycles. The van der Waals surface area contributed by atoms with Crippen LogP contribution in [0.1, 0.15) is 24.2 Å². The monoisotopic (exact) mass is 383 g/mol.